The topological polar surface area (TPSA) is 81.6 Å². The van der Waals surface area contributed by atoms with Gasteiger partial charge in [-0.05, 0) is 55.2 Å². The molecule has 0 radical (unpaired) electrons. The molecule has 6 heteroatoms. The molecule has 0 amide bonds. The Kier molecular flexibility index (Phi) is 4.85. The summed E-state index contributed by atoms with van der Waals surface area (Å²) in [6.07, 6.45) is 4.46. The molecule has 1 saturated heterocycles. The summed E-state index contributed by atoms with van der Waals surface area (Å²) >= 11 is 0. The van der Waals surface area contributed by atoms with Crippen LogP contribution in [0.2, 0.25) is 0 Å². The molecule has 2 aliphatic carbocycles. The first kappa shape index (κ1) is 21.4. The first-order valence-corrected chi connectivity index (χ1v) is 12.3. The van der Waals surface area contributed by atoms with Gasteiger partial charge in [0.25, 0.3) is 0 Å². The van der Waals surface area contributed by atoms with Gasteiger partial charge < -0.3 is 15.0 Å². The number of aryl methyl sites for hydroxylation is 1. The molecule has 3 aromatic rings. The third kappa shape index (κ3) is 3.19. The Bertz CT molecular complexity index is 1220. The van der Waals surface area contributed by atoms with E-state index in [2.05, 4.69) is 34.3 Å². The zero-order valence-electron chi connectivity index (χ0n) is 19.8. The maximum absolute atomic E-state index is 13.3. The minimum absolute atomic E-state index is 0.0217. The maximum Gasteiger partial charge on any atom is 0.346 e. The number of hydrogen-bond acceptors (Lipinski definition) is 6. The minimum atomic E-state index is -0.475. The van der Waals surface area contributed by atoms with Gasteiger partial charge >= 0.3 is 5.97 Å². The average molecular weight is 458 g/mol. The largest absolute Gasteiger partial charge is 0.454 e. The molecule has 6 rings (SSSR count). The Morgan fingerprint density at radius 3 is 2.53 bits per heavy atom. The molecule has 6 nitrogen and oxygen atoms in total. The van der Waals surface area contributed by atoms with E-state index in [0.717, 1.165) is 30.6 Å². The maximum atomic E-state index is 13.3. The van der Waals surface area contributed by atoms with Crippen molar-refractivity contribution in [3.63, 3.8) is 0 Å². The van der Waals surface area contributed by atoms with Gasteiger partial charge in [-0.1, -0.05) is 66.2 Å². The normalized spacial score (nSPS) is 25.9. The summed E-state index contributed by atoms with van der Waals surface area (Å²) in [6, 6.07) is 18.5. The van der Waals surface area contributed by atoms with E-state index in [9.17, 15) is 4.79 Å². The Morgan fingerprint density at radius 2 is 1.85 bits per heavy atom. The Labute approximate surface area is 200 Å². The van der Waals surface area contributed by atoms with Gasteiger partial charge in [-0.2, -0.15) is 0 Å². The van der Waals surface area contributed by atoms with Crippen molar-refractivity contribution in [3.8, 4) is 0 Å². The molecule has 1 aliphatic heterocycles. The highest BCUT2D eigenvalue weighted by atomic mass is 16.5. The molecule has 2 aromatic carbocycles. The molecule has 34 heavy (non-hydrogen) atoms. The summed E-state index contributed by atoms with van der Waals surface area (Å²) in [5, 5.41) is 4.00. The fraction of sp³-hybridized carbons (Fsp3) is 0.429. The standard InChI is InChI=1S/C28H31N3O3/c1-18-9-6-7-12-21(18)19(2)33-26(32)23-24(34-30-25(23)29)22-15-28(22,20-10-4-3-5-11-20)31-16-27(17-31)13-8-14-27/h3-7,9-12,19,22H,8,13-17H2,1-2H3,(H2,29,30)/t19-,22?,28?/m1/s1. The highest BCUT2D eigenvalue weighted by molar-refractivity contribution is 5.95. The molecule has 2 unspecified atom stereocenters. The molecule has 2 N–H and O–H groups in total. The van der Waals surface area contributed by atoms with Crippen molar-refractivity contribution in [2.75, 3.05) is 18.8 Å². The van der Waals surface area contributed by atoms with E-state index in [4.69, 9.17) is 15.0 Å². The van der Waals surface area contributed by atoms with Gasteiger partial charge in [0.05, 0.1) is 5.54 Å². The molecule has 3 aliphatic rings. The number of carbonyl (C=O) groups is 1. The van der Waals surface area contributed by atoms with Gasteiger partial charge in [-0.15, -0.1) is 0 Å². The van der Waals surface area contributed by atoms with Crippen LogP contribution in [0.15, 0.2) is 59.1 Å². The van der Waals surface area contributed by atoms with Crippen LogP contribution >= 0.6 is 0 Å². The molecule has 3 atom stereocenters. The number of anilines is 1. The lowest BCUT2D eigenvalue weighted by molar-refractivity contribution is -0.0949. The van der Waals surface area contributed by atoms with Crippen LogP contribution in [0.5, 0.6) is 0 Å². The smallest absolute Gasteiger partial charge is 0.346 e. The van der Waals surface area contributed by atoms with Crippen molar-refractivity contribution in [3.05, 3.63) is 82.6 Å². The van der Waals surface area contributed by atoms with Crippen LogP contribution < -0.4 is 5.73 Å². The molecular formula is C28H31N3O3. The fourth-order valence-corrected chi connectivity index (χ4v) is 6.26. The lowest BCUT2D eigenvalue weighted by Crippen LogP contribution is -2.63. The third-order valence-corrected chi connectivity index (χ3v) is 8.41. The van der Waals surface area contributed by atoms with Gasteiger partial charge in [-0.3, -0.25) is 4.90 Å². The van der Waals surface area contributed by atoms with E-state index < -0.39 is 12.1 Å². The number of hydrogen-bond donors (Lipinski definition) is 1. The summed E-state index contributed by atoms with van der Waals surface area (Å²) in [5.74, 6) is 0.202. The molecule has 176 valence electrons. The number of rotatable bonds is 6. The van der Waals surface area contributed by atoms with Crippen LogP contribution in [0.3, 0.4) is 0 Å². The molecule has 1 spiro atoms. The van der Waals surface area contributed by atoms with E-state index in [0.29, 0.717) is 11.2 Å². The van der Waals surface area contributed by atoms with Crippen LogP contribution in [-0.2, 0) is 10.3 Å². The predicted molar refractivity (Wildman–Crippen MR) is 129 cm³/mol. The van der Waals surface area contributed by atoms with E-state index >= 15 is 0 Å². The highest BCUT2D eigenvalue weighted by Gasteiger charge is 2.67. The highest BCUT2D eigenvalue weighted by Crippen LogP contribution is 2.67. The number of carbonyl (C=O) groups excluding carboxylic acids is 1. The molecule has 0 bridgehead atoms. The third-order valence-electron chi connectivity index (χ3n) is 8.41. The van der Waals surface area contributed by atoms with Crippen molar-refractivity contribution in [1.82, 2.24) is 10.1 Å². The van der Waals surface area contributed by atoms with Crippen molar-refractivity contribution in [2.24, 2.45) is 5.41 Å². The van der Waals surface area contributed by atoms with Crippen molar-refractivity contribution >= 4 is 11.8 Å². The van der Waals surface area contributed by atoms with Crippen molar-refractivity contribution in [2.45, 2.75) is 57.1 Å². The number of nitrogen functional groups attached to an aromatic ring is 1. The summed E-state index contributed by atoms with van der Waals surface area (Å²) in [6.45, 7) is 6.10. The molecule has 2 heterocycles. The van der Waals surface area contributed by atoms with Crippen LogP contribution in [-0.4, -0.2) is 29.1 Å². The second-order valence-corrected chi connectivity index (χ2v) is 10.5. The number of ether oxygens (including phenoxy) is 1. The number of nitrogens with zero attached hydrogens (tertiary/aromatic N) is 2. The summed E-state index contributed by atoms with van der Waals surface area (Å²) < 4.78 is 11.6. The number of benzene rings is 2. The molecule has 2 saturated carbocycles. The number of aromatic nitrogens is 1. The quantitative estimate of drug-likeness (QED) is 0.503. The zero-order valence-corrected chi connectivity index (χ0v) is 19.8. The van der Waals surface area contributed by atoms with E-state index in [1.807, 2.05) is 44.2 Å². The van der Waals surface area contributed by atoms with Gasteiger partial charge in [0.15, 0.2) is 11.6 Å². The van der Waals surface area contributed by atoms with Crippen LogP contribution in [0.25, 0.3) is 0 Å². The molecule has 3 fully saturated rings. The van der Waals surface area contributed by atoms with Gasteiger partial charge in [0.2, 0.25) is 0 Å². The number of esters is 1. The summed E-state index contributed by atoms with van der Waals surface area (Å²) in [7, 11) is 0. The average Bonchev–Trinajstić information content (AvgIpc) is 3.39. The van der Waals surface area contributed by atoms with Gasteiger partial charge in [0, 0.05) is 19.0 Å². The first-order chi connectivity index (χ1) is 16.4. The minimum Gasteiger partial charge on any atom is -0.454 e. The second-order valence-electron chi connectivity index (χ2n) is 10.5. The van der Waals surface area contributed by atoms with E-state index in [1.54, 1.807) is 0 Å². The number of likely N-dealkylation sites (tertiary alicyclic amines) is 1. The van der Waals surface area contributed by atoms with Crippen LogP contribution in [0.4, 0.5) is 5.82 Å². The Hall–Kier alpha value is -3.12. The number of nitrogens with two attached hydrogens (primary N) is 1. The second kappa shape index (κ2) is 7.70. The molecule has 1 aromatic heterocycles. The lowest BCUT2D eigenvalue weighted by Gasteiger charge is -2.59. The zero-order chi connectivity index (χ0) is 23.5. The predicted octanol–water partition coefficient (Wildman–Crippen LogP) is 5.35. The monoisotopic (exact) mass is 457 g/mol. The first-order valence-electron chi connectivity index (χ1n) is 12.3. The van der Waals surface area contributed by atoms with Crippen molar-refractivity contribution < 1.29 is 14.1 Å². The molecular weight excluding hydrogens is 426 g/mol. The SMILES string of the molecule is Cc1ccccc1[C@@H](C)OC(=O)c1c(N)noc1C1CC1(c1ccccc1)N1CC2(CCC2)C1. The Morgan fingerprint density at radius 1 is 1.15 bits per heavy atom. The van der Waals surface area contributed by atoms with Crippen molar-refractivity contribution in [1.29, 1.82) is 0 Å². The lowest BCUT2D eigenvalue weighted by atomic mass is 9.62. The summed E-state index contributed by atoms with van der Waals surface area (Å²) in [4.78, 5) is 15.9. The summed E-state index contributed by atoms with van der Waals surface area (Å²) in [5.41, 5.74) is 10.1. The van der Waals surface area contributed by atoms with E-state index in [-0.39, 0.29) is 22.8 Å². The Balaban J connectivity index is 1.29. The van der Waals surface area contributed by atoms with Gasteiger partial charge in [0.1, 0.15) is 11.7 Å². The van der Waals surface area contributed by atoms with Crippen LogP contribution in [0.1, 0.15) is 77.4 Å². The fourth-order valence-electron chi connectivity index (χ4n) is 6.26. The van der Waals surface area contributed by atoms with Gasteiger partial charge in [-0.25, -0.2) is 4.79 Å². The van der Waals surface area contributed by atoms with Crippen LogP contribution in [0, 0.1) is 12.3 Å². The van der Waals surface area contributed by atoms with E-state index in [1.165, 1.54) is 24.8 Å².